The smallest absolute Gasteiger partial charge is 0.324 e. The molecule has 2 aromatic heterocycles. The summed E-state index contributed by atoms with van der Waals surface area (Å²) in [6.07, 6.45) is 2.02. The highest BCUT2D eigenvalue weighted by molar-refractivity contribution is 7.92. The Morgan fingerprint density at radius 2 is 1.52 bits per heavy atom. The molecule has 1 saturated heterocycles. The number of ether oxygens (including phenoxy) is 4. The summed E-state index contributed by atoms with van der Waals surface area (Å²) in [6, 6.07) is 20.4. The van der Waals surface area contributed by atoms with E-state index >= 15 is 4.39 Å². The molecule has 5 aromatic rings. The molecular formula is C37H41FN6O7S. The summed E-state index contributed by atoms with van der Waals surface area (Å²) in [7, 11) is 0.712. The summed E-state index contributed by atoms with van der Waals surface area (Å²) in [5.74, 6) is 1.10. The number of benzene rings is 3. The molecule has 0 spiro atoms. The van der Waals surface area contributed by atoms with E-state index < -0.39 is 15.8 Å². The Morgan fingerprint density at radius 3 is 2.10 bits per heavy atom. The first-order chi connectivity index (χ1) is 25.2. The largest absolute Gasteiger partial charge is 0.497 e. The molecule has 0 atom stereocenters. The molecule has 0 unspecified atom stereocenters. The lowest BCUT2D eigenvalue weighted by atomic mass is 10.0. The van der Waals surface area contributed by atoms with Crippen LogP contribution in [0.25, 0.3) is 22.5 Å². The molecular weight excluding hydrogens is 692 g/mol. The summed E-state index contributed by atoms with van der Waals surface area (Å²) in [5, 5.41) is 4.24. The SMILES string of the molecule is CCCS(=O)(=O)Nc1cc(-c2cc(-c3noc(N4CCOCC4)n3)cnc2N(Cc2ccc(OC)cc2)Cc2ccc(OC)cc2)cc(F)c1OC. The van der Waals surface area contributed by atoms with Crippen molar-refractivity contribution in [2.75, 3.05) is 67.9 Å². The highest BCUT2D eigenvalue weighted by atomic mass is 32.2. The van der Waals surface area contributed by atoms with E-state index in [0.29, 0.717) is 74.3 Å². The predicted octanol–water partition coefficient (Wildman–Crippen LogP) is 6.16. The third-order valence-corrected chi connectivity index (χ3v) is 9.96. The Kier molecular flexibility index (Phi) is 11.4. The molecule has 3 aromatic carbocycles. The first kappa shape index (κ1) is 36.4. The van der Waals surface area contributed by atoms with Crippen molar-refractivity contribution in [1.29, 1.82) is 0 Å². The summed E-state index contributed by atoms with van der Waals surface area (Å²) in [4.78, 5) is 13.6. The zero-order valence-electron chi connectivity index (χ0n) is 29.5. The zero-order chi connectivity index (χ0) is 36.7. The minimum absolute atomic E-state index is 0.0340. The molecule has 274 valence electrons. The van der Waals surface area contributed by atoms with Crippen molar-refractivity contribution >= 4 is 27.5 Å². The Hall–Kier alpha value is -5.41. The fraction of sp³-hybridized carbons (Fsp3) is 0.324. The molecule has 0 amide bonds. The minimum atomic E-state index is -3.80. The van der Waals surface area contributed by atoms with E-state index in [1.165, 1.54) is 13.2 Å². The molecule has 13 nitrogen and oxygen atoms in total. The number of aromatic nitrogens is 3. The van der Waals surface area contributed by atoms with Crippen LogP contribution in [0.1, 0.15) is 24.5 Å². The second-order valence-corrected chi connectivity index (χ2v) is 13.9. The van der Waals surface area contributed by atoms with Gasteiger partial charge in [0.25, 0.3) is 0 Å². The molecule has 0 saturated carbocycles. The molecule has 0 radical (unpaired) electrons. The molecule has 6 rings (SSSR count). The van der Waals surface area contributed by atoms with Crippen molar-refractivity contribution in [3.63, 3.8) is 0 Å². The lowest BCUT2D eigenvalue weighted by molar-refractivity contribution is 0.119. The third-order valence-electron chi connectivity index (χ3n) is 8.48. The van der Waals surface area contributed by atoms with E-state index in [1.54, 1.807) is 39.5 Å². The molecule has 1 aliphatic rings. The number of halogens is 1. The average Bonchev–Trinajstić information content (AvgIpc) is 3.66. The molecule has 0 aliphatic carbocycles. The minimum Gasteiger partial charge on any atom is -0.497 e. The summed E-state index contributed by atoms with van der Waals surface area (Å²) >= 11 is 0. The van der Waals surface area contributed by atoms with Gasteiger partial charge < -0.3 is 33.3 Å². The lowest BCUT2D eigenvalue weighted by Crippen LogP contribution is -2.36. The van der Waals surface area contributed by atoms with E-state index in [1.807, 2.05) is 53.4 Å². The van der Waals surface area contributed by atoms with Gasteiger partial charge in [0.05, 0.1) is 46.0 Å². The van der Waals surface area contributed by atoms with E-state index in [-0.39, 0.29) is 23.0 Å². The number of anilines is 3. The summed E-state index contributed by atoms with van der Waals surface area (Å²) in [5.41, 5.74) is 3.26. The molecule has 1 fully saturated rings. The average molecular weight is 733 g/mol. The third kappa shape index (κ3) is 8.54. The number of sulfonamides is 1. The van der Waals surface area contributed by atoms with Gasteiger partial charge in [-0.1, -0.05) is 36.3 Å². The first-order valence-electron chi connectivity index (χ1n) is 16.8. The molecule has 1 N–H and O–H groups in total. The van der Waals surface area contributed by atoms with Crippen molar-refractivity contribution < 1.29 is 36.3 Å². The van der Waals surface area contributed by atoms with Crippen molar-refractivity contribution in [3.05, 3.63) is 89.9 Å². The van der Waals surface area contributed by atoms with E-state index in [0.717, 1.165) is 22.6 Å². The number of hydrogen-bond donors (Lipinski definition) is 1. The van der Waals surface area contributed by atoms with Crippen LogP contribution >= 0.6 is 0 Å². The Labute approximate surface area is 302 Å². The van der Waals surface area contributed by atoms with Gasteiger partial charge in [0.1, 0.15) is 17.3 Å². The number of hydrogen-bond acceptors (Lipinski definition) is 12. The highest BCUT2D eigenvalue weighted by Gasteiger charge is 2.24. The maximum Gasteiger partial charge on any atom is 0.324 e. The number of nitrogens with one attached hydrogen (secondary N) is 1. The first-order valence-corrected chi connectivity index (χ1v) is 18.4. The van der Waals surface area contributed by atoms with Gasteiger partial charge in [-0.25, -0.2) is 17.8 Å². The van der Waals surface area contributed by atoms with E-state index in [4.69, 9.17) is 28.5 Å². The van der Waals surface area contributed by atoms with Gasteiger partial charge >= 0.3 is 6.01 Å². The number of nitrogens with zero attached hydrogens (tertiary/aromatic N) is 5. The second-order valence-electron chi connectivity index (χ2n) is 12.1. The van der Waals surface area contributed by atoms with Gasteiger partial charge in [0, 0.05) is 43.5 Å². The van der Waals surface area contributed by atoms with E-state index in [2.05, 4.69) is 19.8 Å². The van der Waals surface area contributed by atoms with E-state index in [9.17, 15) is 8.42 Å². The molecule has 1 aliphatic heterocycles. The monoisotopic (exact) mass is 732 g/mol. The molecule has 15 heteroatoms. The van der Waals surface area contributed by atoms with Crippen LogP contribution in [-0.4, -0.2) is 76.9 Å². The van der Waals surface area contributed by atoms with Gasteiger partial charge in [-0.05, 0) is 65.6 Å². The van der Waals surface area contributed by atoms with Crippen LogP contribution in [0.2, 0.25) is 0 Å². The van der Waals surface area contributed by atoms with Gasteiger partial charge in [0.15, 0.2) is 11.6 Å². The standard InChI is InChI=1S/C37H41FN6O7S/c1-5-18-52(45,46)42-33-21-27(20-32(38)34(33)49-4)31-19-28(35-40-37(51-41-35)43-14-16-50-17-15-43)22-39-36(31)44(23-25-6-10-29(47-2)11-7-25)24-26-8-12-30(48-3)13-9-26/h6-13,19-22,42H,5,14-18,23-24H2,1-4H3. The fourth-order valence-corrected chi connectivity index (χ4v) is 7.01. The van der Waals surface area contributed by atoms with Crippen LogP contribution in [0.3, 0.4) is 0 Å². The molecule has 0 bridgehead atoms. The quantitative estimate of drug-likeness (QED) is 0.132. The van der Waals surface area contributed by atoms with Crippen LogP contribution in [-0.2, 0) is 27.8 Å². The Morgan fingerprint density at radius 1 is 0.885 bits per heavy atom. The Bertz CT molecular complexity index is 2020. The molecule has 3 heterocycles. The zero-order valence-corrected chi connectivity index (χ0v) is 30.3. The summed E-state index contributed by atoms with van der Waals surface area (Å²) < 4.78 is 71.4. The van der Waals surface area contributed by atoms with Crippen molar-refractivity contribution in [2.24, 2.45) is 0 Å². The number of pyridine rings is 1. The van der Waals surface area contributed by atoms with Crippen LogP contribution in [0.5, 0.6) is 17.2 Å². The predicted molar refractivity (Wildman–Crippen MR) is 196 cm³/mol. The number of rotatable bonds is 15. The van der Waals surface area contributed by atoms with Gasteiger partial charge in [-0.3, -0.25) is 4.72 Å². The highest BCUT2D eigenvalue weighted by Crippen LogP contribution is 2.40. The maximum absolute atomic E-state index is 15.9. The number of morpholine rings is 1. The normalized spacial score (nSPS) is 13.1. The van der Waals surface area contributed by atoms with Crippen LogP contribution < -0.4 is 28.7 Å². The van der Waals surface area contributed by atoms with Crippen LogP contribution in [0.15, 0.2) is 77.4 Å². The maximum atomic E-state index is 15.9. The Balaban J connectivity index is 1.50. The topological polar surface area (TPSA) is 141 Å². The van der Waals surface area contributed by atoms with Gasteiger partial charge in [0.2, 0.25) is 15.8 Å². The van der Waals surface area contributed by atoms with Gasteiger partial charge in [-0.15, -0.1) is 0 Å². The lowest BCUT2D eigenvalue weighted by Gasteiger charge is -2.27. The molecule has 52 heavy (non-hydrogen) atoms. The summed E-state index contributed by atoms with van der Waals surface area (Å²) in [6.45, 7) is 4.88. The van der Waals surface area contributed by atoms with Crippen molar-refractivity contribution in [1.82, 2.24) is 15.1 Å². The second kappa shape index (κ2) is 16.3. The van der Waals surface area contributed by atoms with Crippen molar-refractivity contribution in [2.45, 2.75) is 26.4 Å². The fourth-order valence-electron chi connectivity index (χ4n) is 5.89. The van der Waals surface area contributed by atoms with Crippen LogP contribution in [0, 0.1) is 5.82 Å². The van der Waals surface area contributed by atoms with Crippen molar-refractivity contribution in [3.8, 4) is 39.8 Å². The van der Waals surface area contributed by atoms with Gasteiger partial charge in [-0.2, -0.15) is 4.98 Å². The van der Waals surface area contributed by atoms with Crippen LogP contribution in [0.4, 0.5) is 21.9 Å². The number of methoxy groups -OCH3 is 3.